The summed E-state index contributed by atoms with van der Waals surface area (Å²) in [6.07, 6.45) is 0. The van der Waals surface area contributed by atoms with Gasteiger partial charge in [0.15, 0.2) is 0 Å². The van der Waals surface area contributed by atoms with Crippen LogP contribution < -0.4 is 4.72 Å². The van der Waals surface area contributed by atoms with E-state index < -0.39 is 15.9 Å². The second kappa shape index (κ2) is 3.67. The molecular formula is C9H12FNO2S. The van der Waals surface area contributed by atoms with Crippen molar-refractivity contribution < 1.29 is 12.3 Å². The lowest BCUT2D eigenvalue weighted by Gasteiger charge is -2.23. The van der Waals surface area contributed by atoms with E-state index in [0.29, 0.717) is 5.56 Å². The van der Waals surface area contributed by atoms with Crippen LogP contribution in [0.5, 0.6) is 0 Å². The van der Waals surface area contributed by atoms with Crippen molar-refractivity contribution in [3.8, 4) is 0 Å². The summed E-state index contributed by atoms with van der Waals surface area (Å²) in [7, 11) is -4.68. The standard InChI is InChI=1S/C9H12FNO2S/c1-9(2,11-14(10,12)13)8-6-4-3-5-7-8/h3-7,11H,1-2H3. The van der Waals surface area contributed by atoms with Crippen LogP contribution >= 0.6 is 0 Å². The van der Waals surface area contributed by atoms with Crippen molar-refractivity contribution in [2.24, 2.45) is 0 Å². The average Bonchev–Trinajstić information content (AvgIpc) is 2.01. The molecule has 0 amide bonds. The van der Waals surface area contributed by atoms with Crippen LogP contribution in [0.4, 0.5) is 3.89 Å². The van der Waals surface area contributed by atoms with E-state index in [0.717, 1.165) is 0 Å². The number of rotatable bonds is 3. The molecule has 0 unspecified atom stereocenters. The van der Waals surface area contributed by atoms with E-state index in [-0.39, 0.29) is 0 Å². The molecule has 0 fully saturated rings. The van der Waals surface area contributed by atoms with E-state index in [1.54, 1.807) is 38.1 Å². The van der Waals surface area contributed by atoms with E-state index in [2.05, 4.69) is 0 Å². The molecule has 0 radical (unpaired) electrons. The van der Waals surface area contributed by atoms with Crippen molar-refractivity contribution in [1.82, 2.24) is 4.72 Å². The third-order valence-corrected chi connectivity index (χ3v) is 2.63. The molecule has 1 N–H and O–H groups in total. The number of halogens is 1. The second-order valence-corrected chi connectivity index (χ2v) is 4.61. The third-order valence-electron chi connectivity index (χ3n) is 1.87. The molecule has 0 saturated heterocycles. The van der Waals surface area contributed by atoms with Crippen LogP contribution in [0, 0.1) is 0 Å². The Balaban J connectivity index is 2.97. The first-order valence-electron chi connectivity index (χ1n) is 4.10. The van der Waals surface area contributed by atoms with Crippen molar-refractivity contribution in [1.29, 1.82) is 0 Å². The van der Waals surface area contributed by atoms with Crippen molar-refractivity contribution in [3.63, 3.8) is 0 Å². The van der Waals surface area contributed by atoms with Crippen LogP contribution in [0.1, 0.15) is 19.4 Å². The maximum atomic E-state index is 12.4. The Kier molecular flexibility index (Phi) is 2.92. The van der Waals surface area contributed by atoms with Crippen LogP contribution in [-0.2, 0) is 15.9 Å². The predicted molar refractivity (Wildman–Crippen MR) is 52.6 cm³/mol. The molecule has 0 aliphatic heterocycles. The number of benzene rings is 1. The summed E-state index contributed by atoms with van der Waals surface area (Å²) in [5.41, 5.74) is -0.226. The molecule has 0 heterocycles. The van der Waals surface area contributed by atoms with Gasteiger partial charge in [-0.25, -0.2) is 0 Å². The predicted octanol–water partition coefficient (Wildman–Crippen LogP) is 1.73. The van der Waals surface area contributed by atoms with Gasteiger partial charge in [-0.3, -0.25) is 0 Å². The molecule has 0 saturated carbocycles. The summed E-state index contributed by atoms with van der Waals surface area (Å²) in [4.78, 5) is 0. The van der Waals surface area contributed by atoms with Crippen LogP contribution in [0.15, 0.2) is 30.3 Å². The van der Waals surface area contributed by atoms with Gasteiger partial charge in [-0.15, -0.1) is 0 Å². The number of nitrogens with one attached hydrogen (secondary N) is 1. The lowest BCUT2D eigenvalue weighted by Crippen LogP contribution is -2.38. The molecule has 1 rings (SSSR count). The fraction of sp³-hybridized carbons (Fsp3) is 0.333. The molecule has 5 heteroatoms. The molecule has 0 aliphatic carbocycles. The Morgan fingerprint density at radius 1 is 1.21 bits per heavy atom. The van der Waals surface area contributed by atoms with Gasteiger partial charge in [0, 0.05) is 0 Å². The molecule has 14 heavy (non-hydrogen) atoms. The fourth-order valence-electron chi connectivity index (χ4n) is 1.22. The zero-order chi connectivity index (χ0) is 10.8. The van der Waals surface area contributed by atoms with E-state index in [1.807, 2.05) is 10.8 Å². The topological polar surface area (TPSA) is 46.2 Å². The highest BCUT2D eigenvalue weighted by Crippen LogP contribution is 2.20. The van der Waals surface area contributed by atoms with Gasteiger partial charge in [0.1, 0.15) is 0 Å². The van der Waals surface area contributed by atoms with Crippen molar-refractivity contribution in [2.45, 2.75) is 19.4 Å². The van der Waals surface area contributed by atoms with Crippen molar-refractivity contribution >= 4 is 10.4 Å². The minimum Gasteiger partial charge on any atom is -0.178 e. The summed E-state index contributed by atoms with van der Waals surface area (Å²) >= 11 is 0. The Labute approximate surface area is 83.3 Å². The van der Waals surface area contributed by atoms with E-state index in [4.69, 9.17) is 0 Å². The lowest BCUT2D eigenvalue weighted by atomic mass is 9.96. The molecule has 0 aromatic heterocycles. The minimum atomic E-state index is -4.68. The largest absolute Gasteiger partial charge is 0.373 e. The van der Waals surface area contributed by atoms with Crippen LogP contribution in [0.25, 0.3) is 0 Å². The Morgan fingerprint density at radius 2 is 1.71 bits per heavy atom. The van der Waals surface area contributed by atoms with E-state index >= 15 is 0 Å². The van der Waals surface area contributed by atoms with E-state index in [1.165, 1.54) is 0 Å². The minimum absolute atomic E-state index is 0.709. The van der Waals surface area contributed by atoms with E-state index in [9.17, 15) is 12.3 Å². The van der Waals surface area contributed by atoms with Crippen LogP contribution in [0.2, 0.25) is 0 Å². The first-order chi connectivity index (χ1) is 6.31. The Hall–Kier alpha value is -0.940. The number of hydrogen-bond donors (Lipinski definition) is 1. The van der Waals surface area contributed by atoms with Crippen molar-refractivity contribution in [2.75, 3.05) is 0 Å². The highest BCUT2D eigenvalue weighted by Gasteiger charge is 2.25. The molecule has 3 nitrogen and oxygen atoms in total. The summed E-state index contributed by atoms with van der Waals surface area (Å²) in [6.45, 7) is 3.19. The Bertz CT molecular complexity index is 400. The van der Waals surface area contributed by atoms with Gasteiger partial charge < -0.3 is 0 Å². The monoisotopic (exact) mass is 217 g/mol. The maximum Gasteiger partial charge on any atom is 0.373 e. The maximum absolute atomic E-state index is 12.4. The van der Waals surface area contributed by atoms with Gasteiger partial charge in [-0.05, 0) is 19.4 Å². The van der Waals surface area contributed by atoms with Crippen LogP contribution in [-0.4, -0.2) is 8.42 Å². The molecule has 0 atom stereocenters. The van der Waals surface area contributed by atoms with Gasteiger partial charge in [0.25, 0.3) is 0 Å². The van der Waals surface area contributed by atoms with Gasteiger partial charge in [0.05, 0.1) is 5.54 Å². The van der Waals surface area contributed by atoms with Gasteiger partial charge in [-0.1, -0.05) is 34.2 Å². The molecule has 78 valence electrons. The zero-order valence-corrected chi connectivity index (χ0v) is 8.81. The molecule has 0 aliphatic rings. The van der Waals surface area contributed by atoms with Crippen molar-refractivity contribution in [3.05, 3.63) is 35.9 Å². The Morgan fingerprint density at radius 3 is 2.14 bits per heavy atom. The highest BCUT2D eigenvalue weighted by atomic mass is 32.3. The van der Waals surface area contributed by atoms with Gasteiger partial charge in [0.2, 0.25) is 0 Å². The summed E-state index contributed by atoms with van der Waals surface area (Å²) in [6, 6.07) is 8.81. The fourth-order valence-corrected chi connectivity index (χ4v) is 1.95. The highest BCUT2D eigenvalue weighted by molar-refractivity contribution is 7.84. The normalized spacial score (nSPS) is 12.8. The zero-order valence-electron chi connectivity index (χ0n) is 7.99. The molecule has 1 aromatic rings. The lowest BCUT2D eigenvalue weighted by molar-refractivity contribution is 0.449. The summed E-state index contributed by atoms with van der Waals surface area (Å²) in [5, 5.41) is 0. The van der Waals surface area contributed by atoms with Crippen LogP contribution in [0.3, 0.4) is 0 Å². The summed E-state index contributed by atoms with van der Waals surface area (Å²) < 4.78 is 35.2. The first kappa shape index (κ1) is 11.1. The van der Waals surface area contributed by atoms with Gasteiger partial charge in [-0.2, -0.15) is 13.1 Å². The quantitative estimate of drug-likeness (QED) is 0.784. The first-order valence-corrected chi connectivity index (χ1v) is 5.49. The van der Waals surface area contributed by atoms with Gasteiger partial charge >= 0.3 is 10.4 Å². The number of hydrogen-bond acceptors (Lipinski definition) is 2. The second-order valence-electron chi connectivity index (χ2n) is 3.53. The molecule has 1 aromatic carbocycles. The SMILES string of the molecule is CC(C)(NS(=O)(=O)F)c1ccccc1. The molecule has 0 bridgehead atoms. The molecular weight excluding hydrogens is 205 g/mol. The summed E-state index contributed by atoms with van der Waals surface area (Å²) in [5.74, 6) is 0. The smallest absolute Gasteiger partial charge is 0.178 e. The average molecular weight is 217 g/mol. The third kappa shape index (κ3) is 3.08. The molecule has 0 spiro atoms.